The predicted molar refractivity (Wildman–Crippen MR) is 80.2 cm³/mol. The molecule has 0 aliphatic rings. The number of esters is 1. The number of ether oxygens (including phenoxy) is 2. The van der Waals surface area contributed by atoms with Crippen LogP contribution in [0, 0.1) is 0 Å². The average molecular weight is 293 g/mol. The highest BCUT2D eigenvalue weighted by atomic mass is 16.5. The predicted octanol–water partition coefficient (Wildman–Crippen LogP) is 2.04. The van der Waals surface area contributed by atoms with E-state index in [1.54, 1.807) is 0 Å². The Labute approximate surface area is 125 Å². The zero-order valence-electron chi connectivity index (χ0n) is 12.9. The quantitative estimate of drug-likeness (QED) is 0.688. The molecule has 0 spiro atoms. The first-order valence-corrected chi connectivity index (χ1v) is 7.17. The van der Waals surface area contributed by atoms with Gasteiger partial charge in [-0.05, 0) is 30.5 Å². The Bertz CT molecular complexity index is 456. The van der Waals surface area contributed by atoms with E-state index in [0.717, 1.165) is 12.8 Å². The molecule has 0 fully saturated rings. The van der Waals surface area contributed by atoms with Gasteiger partial charge in [0.05, 0.1) is 7.11 Å². The summed E-state index contributed by atoms with van der Waals surface area (Å²) in [6, 6.07) is 7.63. The SMILES string of the molecule is CCCN(CC(=O)OC)C(=O)COc1ccc(CC)cc1. The maximum Gasteiger partial charge on any atom is 0.325 e. The van der Waals surface area contributed by atoms with Crippen LogP contribution in [0.1, 0.15) is 25.8 Å². The lowest BCUT2D eigenvalue weighted by Crippen LogP contribution is -2.39. The van der Waals surface area contributed by atoms with E-state index >= 15 is 0 Å². The highest BCUT2D eigenvalue weighted by Gasteiger charge is 2.17. The molecule has 5 nitrogen and oxygen atoms in total. The summed E-state index contributed by atoms with van der Waals surface area (Å²) in [6.45, 7) is 4.41. The second kappa shape index (κ2) is 9.00. The smallest absolute Gasteiger partial charge is 0.325 e. The summed E-state index contributed by atoms with van der Waals surface area (Å²) in [5.74, 6) is 0.000910. The van der Waals surface area contributed by atoms with Gasteiger partial charge in [-0.2, -0.15) is 0 Å². The van der Waals surface area contributed by atoms with E-state index < -0.39 is 5.97 Å². The molecule has 1 amide bonds. The first-order chi connectivity index (χ1) is 10.1. The largest absolute Gasteiger partial charge is 0.484 e. The third-order valence-electron chi connectivity index (χ3n) is 3.09. The standard InChI is InChI=1S/C16H23NO4/c1-4-10-17(11-16(19)20-3)15(18)12-21-14-8-6-13(5-2)7-9-14/h6-9H,4-5,10-12H2,1-3H3. The van der Waals surface area contributed by atoms with Crippen LogP contribution >= 0.6 is 0 Å². The number of hydrogen-bond acceptors (Lipinski definition) is 4. The number of benzene rings is 1. The fourth-order valence-electron chi connectivity index (χ4n) is 1.84. The van der Waals surface area contributed by atoms with Gasteiger partial charge in [0.2, 0.25) is 0 Å². The van der Waals surface area contributed by atoms with Crippen LogP contribution in [0.15, 0.2) is 24.3 Å². The van der Waals surface area contributed by atoms with Crippen molar-refractivity contribution >= 4 is 11.9 Å². The van der Waals surface area contributed by atoms with Crippen molar-refractivity contribution in [2.75, 3.05) is 26.8 Å². The van der Waals surface area contributed by atoms with E-state index in [1.807, 2.05) is 31.2 Å². The molecule has 0 saturated heterocycles. The Morgan fingerprint density at radius 1 is 1.14 bits per heavy atom. The molecule has 0 N–H and O–H groups in total. The molecule has 0 heterocycles. The summed E-state index contributed by atoms with van der Waals surface area (Å²) in [4.78, 5) is 24.8. The topological polar surface area (TPSA) is 55.8 Å². The van der Waals surface area contributed by atoms with Crippen LogP contribution in [0.2, 0.25) is 0 Å². The van der Waals surface area contributed by atoms with Gasteiger partial charge in [-0.3, -0.25) is 9.59 Å². The third kappa shape index (κ3) is 5.85. The molecule has 1 rings (SSSR count). The Balaban J connectivity index is 2.53. The average Bonchev–Trinajstić information content (AvgIpc) is 2.52. The van der Waals surface area contributed by atoms with E-state index in [-0.39, 0.29) is 19.1 Å². The van der Waals surface area contributed by atoms with Crippen LogP contribution in [0.4, 0.5) is 0 Å². The Morgan fingerprint density at radius 3 is 2.33 bits per heavy atom. The van der Waals surface area contributed by atoms with Gasteiger partial charge in [0, 0.05) is 6.54 Å². The lowest BCUT2D eigenvalue weighted by molar-refractivity contribution is -0.147. The highest BCUT2D eigenvalue weighted by Crippen LogP contribution is 2.12. The second-order valence-electron chi connectivity index (χ2n) is 4.68. The summed E-state index contributed by atoms with van der Waals surface area (Å²) < 4.78 is 10.1. The molecule has 1 aromatic carbocycles. The van der Waals surface area contributed by atoms with Gasteiger partial charge in [-0.25, -0.2) is 0 Å². The van der Waals surface area contributed by atoms with Gasteiger partial charge < -0.3 is 14.4 Å². The number of carbonyl (C=O) groups excluding carboxylic acids is 2. The van der Waals surface area contributed by atoms with Gasteiger partial charge in [0.1, 0.15) is 12.3 Å². The molecule has 0 atom stereocenters. The number of amides is 1. The maximum absolute atomic E-state index is 12.1. The van der Waals surface area contributed by atoms with Crippen molar-refractivity contribution in [3.8, 4) is 5.75 Å². The van der Waals surface area contributed by atoms with Crippen LogP contribution in [0.5, 0.6) is 5.75 Å². The molecule has 0 saturated carbocycles. The van der Waals surface area contributed by atoms with Gasteiger partial charge in [-0.15, -0.1) is 0 Å². The van der Waals surface area contributed by atoms with Crippen LogP contribution < -0.4 is 4.74 Å². The van der Waals surface area contributed by atoms with Crippen molar-refractivity contribution < 1.29 is 19.1 Å². The monoisotopic (exact) mass is 293 g/mol. The molecule has 1 aromatic rings. The molecular weight excluding hydrogens is 270 g/mol. The summed E-state index contributed by atoms with van der Waals surface area (Å²) in [7, 11) is 1.31. The van der Waals surface area contributed by atoms with Crippen LogP contribution in [0.3, 0.4) is 0 Å². The summed E-state index contributed by atoms with van der Waals surface area (Å²) in [5.41, 5.74) is 1.21. The molecule has 0 aliphatic carbocycles. The van der Waals surface area contributed by atoms with Crippen molar-refractivity contribution in [2.24, 2.45) is 0 Å². The van der Waals surface area contributed by atoms with Crippen molar-refractivity contribution in [3.05, 3.63) is 29.8 Å². The molecule has 116 valence electrons. The number of carbonyl (C=O) groups is 2. The van der Waals surface area contributed by atoms with E-state index in [4.69, 9.17) is 4.74 Å². The van der Waals surface area contributed by atoms with E-state index in [0.29, 0.717) is 12.3 Å². The fraction of sp³-hybridized carbons (Fsp3) is 0.500. The number of hydrogen-bond donors (Lipinski definition) is 0. The minimum atomic E-state index is -0.427. The Kier molecular flexibility index (Phi) is 7.29. The van der Waals surface area contributed by atoms with Gasteiger partial charge in [-0.1, -0.05) is 26.0 Å². The lowest BCUT2D eigenvalue weighted by atomic mass is 10.2. The first kappa shape index (κ1) is 17.0. The first-order valence-electron chi connectivity index (χ1n) is 7.17. The van der Waals surface area contributed by atoms with E-state index in [2.05, 4.69) is 11.7 Å². The number of methoxy groups -OCH3 is 1. The summed E-state index contributed by atoms with van der Waals surface area (Å²) in [5, 5.41) is 0. The van der Waals surface area contributed by atoms with Gasteiger partial charge in [0.25, 0.3) is 5.91 Å². The normalized spacial score (nSPS) is 10.0. The molecule has 0 aliphatic heterocycles. The molecule has 0 radical (unpaired) electrons. The molecule has 5 heteroatoms. The molecule has 0 aromatic heterocycles. The Hall–Kier alpha value is -2.04. The van der Waals surface area contributed by atoms with Crippen LogP contribution in [-0.4, -0.2) is 43.6 Å². The number of rotatable bonds is 8. The minimum absolute atomic E-state index is 0.0404. The highest BCUT2D eigenvalue weighted by molar-refractivity contribution is 5.83. The van der Waals surface area contributed by atoms with Crippen molar-refractivity contribution in [2.45, 2.75) is 26.7 Å². The summed E-state index contributed by atoms with van der Waals surface area (Å²) >= 11 is 0. The zero-order chi connectivity index (χ0) is 15.7. The zero-order valence-corrected chi connectivity index (χ0v) is 12.9. The number of nitrogens with zero attached hydrogens (tertiary/aromatic N) is 1. The van der Waals surface area contributed by atoms with Gasteiger partial charge in [0.15, 0.2) is 6.61 Å². The Morgan fingerprint density at radius 2 is 1.81 bits per heavy atom. The van der Waals surface area contributed by atoms with E-state index in [1.165, 1.54) is 17.6 Å². The fourth-order valence-corrected chi connectivity index (χ4v) is 1.84. The summed E-state index contributed by atoms with van der Waals surface area (Å²) in [6.07, 6.45) is 1.73. The van der Waals surface area contributed by atoms with Crippen LogP contribution in [-0.2, 0) is 20.7 Å². The van der Waals surface area contributed by atoms with Crippen molar-refractivity contribution in [3.63, 3.8) is 0 Å². The van der Waals surface area contributed by atoms with Crippen molar-refractivity contribution in [1.82, 2.24) is 4.90 Å². The maximum atomic E-state index is 12.1. The molecule has 0 bridgehead atoms. The third-order valence-corrected chi connectivity index (χ3v) is 3.09. The second-order valence-corrected chi connectivity index (χ2v) is 4.68. The molecular formula is C16H23NO4. The van der Waals surface area contributed by atoms with E-state index in [9.17, 15) is 9.59 Å². The molecule has 0 unspecified atom stereocenters. The minimum Gasteiger partial charge on any atom is -0.484 e. The lowest BCUT2D eigenvalue weighted by Gasteiger charge is -2.20. The van der Waals surface area contributed by atoms with Crippen LogP contribution in [0.25, 0.3) is 0 Å². The van der Waals surface area contributed by atoms with Gasteiger partial charge >= 0.3 is 5.97 Å². The molecule has 21 heavy (non-hydrogen) atoms. The number of aryl methyl sites for hydroxylation is 1. The van der Waals surface area contributed by atoms with Crippen molar-refractivity contribution in [1.29, 1.82) is 0 Å².